The van der Waals surface area contributed by atoms with Crippen molar-refractivity contribution in [2.24, 2.45) is 0 Å². The van der Waals surface area contributed by atoms with Gasteiger partial charge >= 0.3 is 6.01 Å². The molecule has 140 valence electrons. The Balaban J connectivity index is 1.41. The van der Waals surface area contributed by atoms with Gasteiger partial charge in [0.2, 0.25) is 0 Å². The van der Waals surface area contributed by atoms with E-state index >= 15 is 0 Å². The van der Waals surface area contributed by atoms with E-state index in [0.717, 1.165) is 30.9 Å². The lowest BCUT2D eigenvalue weighted by Gasteiger charge is -2.32. The van der Waals surface area contributed by atoms with Gasteiger partial charge in [0, 0.05) is 13.1 Å². The Hall–Kier alpha value is -3.17. The Kier molecular flexibility index (Phi) is 4.61. The number of benzene rings is 1. The highest BCUT2D eigenvalue weighted by molar-refractivity contribution is 5.44. The number of ether oxygens (including phenoxy) is 1. The largest absolute Gasteiger partial charge is 0.457 e. The van der Waals surface area contributed by atoms with Crippen LogP contribution in [0.15, 0.2) is 36.8 Å². The Labute approximate surface area is 152 Å². The first kappa shape index (κ1) is 17.3. The Morgan fingerprint density at radius 3 is 2.56 bits per heavy atom. The average Bonchev–Trinajstić information content (AvgIpc) is 3.09. The van der Waals surface area contributed by atoms with Crippen LogP contribution in [0.5, 0.6) is 6.01 Å². The summed E-state index contributed by atoms with van der Waals surface area (Å²) in [7, 11) is 0. The Bertz CT molecular complexity index is 927. The molecule has 0 radical (unpaired) electrons. The lowest BCUT2D eigenvalue weighted by atomic mass is 10.2. The van der Waals surface area contributed by atoms with Crippen molar-refractivity contribution in [3.05, 3.63) is 53.9 Å². The van der Waals surface area contributed by atoms with Crippen molar-refractivity contribution in [1.29, 1.82) is 0 Å². The molecule has 4 rings (SSSR count). The molecule has 7 nitrogen and oxygen atoms in total. The zero-order valence-electron chi connectivity index (χ0n) is 14.1. The van der Waals surface area contributed by atoms with Crippen LogP contribution in [-0.2, 0) is 6.61 Å². The molecule has 27 heavy (non-hydrogen) atoms. The fourth-order valence-electron chi connectivity index (χ4n) is 2.59. The van der Waals surface area contributed by atoms with E-state index < -0.39 is 17.8 Å². The van der Waals surface area contributed by atoms with Crippen molar-refractivity contribution < 1.29 is 17.9 Å². The third-order valence-corrected chi connectivity index (χ3v) is 4.20. The molecular formula is C17H15F3N6O. The van der Waals surface area contributed by atoms with Gasteiger partial charge in [-0.1, -0.05) is 5.21 Å². The first-order chi connectivity index (χ1) is 13.1. The van der Waals surface area contributed by atoms with Crippen molar-refractivity contribution in [2.75, 3.05) is 18.0 Å². The van der Waals surface area contributed by atoms with Crippen LogP contribution in [0.3, 0.4) is 0 Å². The lowest BCUT2D eigenvalue weighted by molar-refractivity contribution is 0.146. The SMILES string of the molecule is Fc1ccc(-n2cc(COc3ncc(N4CCC4)cn3)nn2)cc1C(F)F. The van der Waals surface area contributed by atoms with Gasteiger partial charge in [-0.05, 0) is 24.6 Å². The first-order valence-electron chi connectivity index (χ1n) is 8.29. The van der Waals surface area contributed by atoms with Crippen LogP contribution in [0.1, 0.15) is 24.1 Å². The highest BCUT2D eigenvalue weighted by atomic mass is 19.3. The number of halogens is 3. The number of nitrogens with zero attached hydrogens (tertiary/aromatic N) is 6. The zero-order chi connectivity index (χ0) is 18.8. The van der Waals surface area contributed by atoms with Gasteiger partial charge in [0.1, 0.15) is 18.1 Å². The van der Waals surface area contributed by atoms with Crippen LogP contribution in [-0.4, -0.2) is 38.1 Å². The summed E-state index contributed by atoms with van der Waals surface area (Å²) >= 11 is 0. The van der Waals surface area contributed by atoms with E-state index in [1.807, 2.05) is 0 Å². The van der Waals surface area contributed by atoms with E-state index in [0.29, 0.717) is 5.69 Å². The summed E-state index contributed by atoms with van der Waals surface area (Å²) in [6.45, 7) is 2.07. The van der Waals surface area contributed by atoms with Crippen molar-refractivity contribution in [3.63, 3.8) is 0 Å². The molecule has 0 aliphatic carbocycles. The maximum absolute atomic E-state index is 13.4. The monoisotopic (exact) mass is 376 g/mol. The van der Waals surface area contributed by atoms with Gasteiger partial charge in [0.05, 0.1) is 35.5 Å². The van der Waals surface area contributed by atoms with Crippen LogP contribution >= 0.6 is 0 Å². The van der Waals surface area contributed by atoms with Crippen molar-refractivity contribution in [1.82, 2.24) is 25.0 Å². The fourth-order valence-corrected chi connectivity index (χ4v) is 2.59. The fraction of sp³-hybridized carbons (Fsp3) is 0.294. The molecule has 0 saturated carbocycles. The van der Waals surface area contributed by atoms with E-state index in [-0.39, 0.29) is 18.3 Å². The van der Waals surface area contributed by atoms with Crippen LogP contribution in [0, 0.1) is 5.82 Å². The summed E-state index contributed by atoms with van der Waals surface area (Å²) < 4.78 is 45.8. The zero-order valence-corrected chi connectivity index (χ0v) is 14.1. The second-order valence-corrected chi connectivity index (χ2v) is 6.01. The second kappa shape index (κ2) is 7.22. The van der Waals surface area contributed by atoms with Gasteiger partial charge in [-0.25, -0.2) is 27.8 Å². The minimum atomic E-state index is -2.91. The molecule has 10 heteroatoms. The summed E-state index contributed by atoms with van der Waals surface area (Å²) in [5.74, 6) is -0.962. The number of aromatic nitrogens is 5. The number of alkyl halides is 2. The third-order valence-electron chi connectivity index (χ3n) is 4.20. The van der Waals surface area contributed by atoms with Gasteiger partial charge in [-0.2, -0.15) is 0 Å². The summed E-state index contributed by atoms with van der Waals surface area (Å²) in [6, 6.07) is 3.56. The molecule has 0 unspecified atom stereocenters. The van der Waals surface area contributed by atoms with Gasteiger partial charge in [0.15, 0.2) is 0 Å². The van der Waals surface area contributed by atoms with E-state index in [1.54, 1.807) is 12.4 Å². The van der Waals surface area contributed by atoms with Crippen molar-refractivity contribution in [2.45, 2.75) is 19.5 Å². The minimum Gasteiger partial charge on any atom is -0.457 e. The molecule has 1 fully saturated rings. The summed E-state index contributed by atoms with van der Waals surface area (Å²) in [4.78, 5) is 10.5. The first-order valence-corrected chi connectivity index (χ1v) is 8.29. The average molecular weight is 376 g/mol. The maximum Gasteiger partial charge on any atom is 0.316 e. The minimum absolute atomic E-state index is 0.0615. The molecule has 0 spiro atoms. The molecule has 2 aromatic heterocycles. The molecule has 1 saturated heterocycles. The lowest BCUT2D eigenvalue weighted by Crippen LogP contribution is -2.37. The van der Waals surface area contributed by atoms with E-state index in [1.165, 1.54) is 23.4 Å². The highest BCUT2D eigenvalue weighted by Gasteiger charge is 2.16. The van der Waals surface area contributed by atoms with Gasteiger partial charge < -0.3 is 9.64 Å². The van der Waals surface area contributed by atoms with E-state index in [9.17, 15) is 13.2 Å². The van der Waals surface area contributed by atoms with Crippen molar-refractivity contribution >= 4 is 5.69 Å². The number of hydrogen-bond donors (Lipinski definition) is 0. The summed E-state index contributed by atoms with van der Waals surface area (Å²) in [5.41, 5.74) is 0.996. The van der Waals surface area contributed by atoms with Gasteiger partial charge in [-0.15, -0.1) is 5.10 Å². The predicted octanol–water partition coefficient (Wildman–Crippen LogP) is 2.92. The number of anilines is 1. The molecular weight excluding hydrogens is 361 g/mol. The van der Waals surface area contributed by atoms with E-state index in [4.69, 9.17) is 4.74 Å². The summed E-state index contributed by atoms with van der Waals surface area (Å²) in [5, 5.41) is 7.77. The molecule has 0 bridgehead atoms. The molecule has 0 atom stereocenters. The van der Waals surface area contributed by atoms with Gasteiger partial charge in [0.25, 0.3) is 6.43 Å². The molecule has 1 aromatic carbocycles. The smallest absolute Gasteiger partial charge is 0.316 e. The molecule has 3 aromatic rings. The number of rotatable bonds is 6. The van der Waals surface area contributed by atoms with Crippen LogP contribution in [0.25, 0.3) is 5.69 Å². The Morgan fingerprint density at radius 2 is 1.89 bits per heavy atom. The standard InChI is InChI=1S/C17H15F3N6O/c18-15-3-2-12(6-14(15)16(19)20)26-9-11(23-24-26)10-27-17-21-7-13(8-22-17)25-4-1-5-25/h2-3,6-9,16H,1,4-5,10H2. The summed E-state index contributed by atoms with van der Waals surface area (Å²) in [6.07, 6.45) is 3.16. The van der Waals surface area contributed by atoms with Gasteiger partial charge in [-0.3, -0.25) is 0 Å². The topological polar surface area (TPSA) is 69.0 Å². The maximum atomic E-state index is 13.4. The van der Waals surface area contributed by atoms with Crippen LogP contribution in [0.2, 0.25) is 0 Å². The van der Waals surface area contributed by atoms with E-state index in [2.05, 4.69) is 25.2 Å². The predicted molar refractivity (Wildman–Crippen MR) is 89.5 cm³/mol. The highest BCUT2D eigenvalue weighted by Crippen LogP contribution is 2.24. The van der Waals surface area contributed by atoms with Crippen molar-refractivity contribution in [3.8, 4) is 11.7 Å². The molecule has 1 aliphatic rings. The number of hydrogen-bond acceptors (Lipinski definition) is 6. The quantitative estimate of drug-likeness (QED) is 0.659. The molecule has 3 heterocycles. The van der Waals surface area contributed by atoms with Crippen LogP contribution < -0.4 is 9.64 Å². The molecule has 1 aliphatic heterocycles. The van der Waals surface area contributed by atoms with Crippen LogP contribution in [0.4, 0.5) is 18.9 Å². The third kappa shape index (κ3) is 3.69. The second-order valence-electron chi connectivity index (χ2n) is 6.01. The molecule has 0 amide bonds. The normalized spacial score (nSPS) is 13.7. The molecule has 0 N–H and O–H groups in total. The Morgan fingerprint density at radius 1 is 1.11 bits per heavy atom.